The van der Waals surface area contributed by atoms with Crippen molar-refractivity contribution in [2.75, 3.05) is 0 Å². The van der Waals surface area contributed by atoms with Crippen LogP contribution in [0.25, 0.3) is 10.8 Å². The van der Waals surface area contributed by atoms with E-state index in [-0.39, 0.29) is 11.8 Å². The Bertz CT molecular complexity index is 890. The average Bonchev–Trinajstić information content (AvgIpc) is 3.25. The van der Waals surface area contributed by atoms with E-state index in [0.29, 0.717) is 12.6 Å². The van der Waals surface area contributed by atoms with Crippen LogP contribution >= 0.6 is 0 Å². The van der Waals surface area contributed by atoms with Crippen LogP contribution < -0.4 is 11.1 Å². The van der Waals surface area contributed by atoms with Crippen LogP contribution in [0.1, 0.15) is 24.8 Å². The van der Waals surface area contributed by atoms with Gasteiger partial charge in [-0.05, 0) is 35.6 Å². The summed E-state index contributed by atoms with van der Waals surface area (Å²) in [6, 6.07) is 14.0. The predicted octanol–water partition coefficient (Wildman–Crippen LogP) is 1.55. The molecule has 3 saturated heterocycles. The Morgan fingerprint density at radius 3 is 2.84 bits per heavy atom. The number of primary amides is 1. The Hall–Kier alpha value is -2.40. The molecule has 128 valence electrons. The molecular weight excluding hydrogens is 314 g/mol. The highest BCUT2D eigenvalue weighted by Gasteiger charge is 2.67. The standard InChI is InChI=1S/C20H21N3O2/c21-18(24)17-20-9-8-14(22-20)10-16(20)19(25)23(17)11-13-6-3-5-12-4-1-2-7-15(12)13/h1-7,14,16-17,22H,8-11H2,(H2,21,24). The number of likely N-dealkylation sites (tertiary alicyclic amines) is 1. The highest BCUT2D eigenvalue weighted by atomic mass is 16.2. The fraction of sp³-hybridized carbons (Fsp3) is 0.400. The predicted molar refractivity (Wildman–Crippen MR) is 94.5 cm³/mol. The van der Waals surface area contributed by atoms with E-state index >= 15 is 0 Å². The summed E-state index contributed by atoms with van der Waals surface area (Å²) in [7, 11) is 0. The third-order valence-corrected chi connectivity index (χ3v) is 6.39. The minimum atomic E-state index is -0.559. The summed E-state index contributed by atoms with van der Waals surface area (Å²) >= 11 is 0. The maximum absolute atomic E-state index is 13.1. The van der Waals surface area contributed by atoms with Crippen LogP contribution in [0, 0.1) is 5.92 Å². The van der Waals surface area contributed by atoms with Crippen LogP contribution in [0.2, 0.25) is 0 Å². The zero-order valence-corrected chi connectivity index (χ0v) is 13.9. The van der Waals surface area contributed by atoms with Crippen molar-refractivity contribution in [1.82, 2.24) is 10.2 Å². The van der Waals surface area contributed by atoms with Gasteiger partial charge in [0, 0.05) is 12.6 Å². The molecule has 25 heavy (non-hydrogen) atoms. The first-order chi connectivity index (χ1) is 12.1. The lowest BCUT2D eigenvalue weighted by atomic mass is 9.76. The van der Waals surface area contributed by atoms with E-state index in [0.717, 1.165) is 35.6 Å². The first-order valence-corrected chi connectivity index (χ1v) is 8.94. The molecule has 2 aromatic rings. The smallest absolute Gasteiger partial charge is 0.242 e. The van der Waals surface area contributed by atoms with E-state index < -0.39 is 17.5 Å². The second-order valence-corrected chi connectivity index (χ2v) is 7.62. The molecule has 0 saturated carbocycles. The van der Waals surface area contributed by atoms with Gasteiger partial charge in [0.25, 0.3) is 0 Å². The number of fused-ring (bicyclic) bond motifs is 2. The molecular formula is C20H21N3O2. The van der Waals surface area contributed by atoms with Gasteiger partial charge in [-0.2, -0.15) is 0 Å². The second kappa shape index (κ2) is 5.05. The van der Waals surface area contributed by atoms with Crippen molar-refractivity contribution in [2.24, 2.45) is 11.7 Å². The topological polar surface area (TPSA) is 75.4 Å². The molecule has 0 radical (unpaired) electrons. The van der Waals surface area contributed by atoms with Crippen LogP contribution in [0.4, 0.5) is 0 Å². The van der Waals surface area contributed by atoms with E-state index in [2.05, 4.69) is 23.5 Å². The molecule has 3 aliphatic rings. The van der Waals surface area contributed by atoms with Crippen molar-refractivity contribution < 1.29 is 9.59 Å². The Labute approximate surface area is 146 Å². The third kappa shape index (κ3) is 1.93. The number of nitrogens with zero attached hydrogens (tertiary/aromatic N) is 1. The number of carbonyl (C=O) groups is 2. The quantitative estimate of drug-likeness (QED) is 0.893. The fourth-order valence-electron chi connectivity index (χ4n) is 5.41. The maximum atomic E-state index is 13.1. The highest BCUT2D eigenvalue weighted by molar-refractivity contribution is 5.95. The van der Waals surface area contributed by atoms with E-state index in [9.17, 15) is 9.59 Å². The van der Waals surface area contributed by atoms with Crippen LogP contribution in [0.15, 0.2) is 42.5 Å². The molecule has 5 rings (SSSR count). The van der Waals surface area contributed by atoms with Gasteiger partial charge in [-0.15, -0.1) is 0 Å². The van der Waals surface area contributed by atoms with E-state index in [1.54, 1.807) is 4.90 Å². The fourth-order valence-corrected chi connectivity index (χ4v) is 5.41. The van der Waals surface area contributed by atoms with Gasteiger partial charge in [0.05, 0.1) is 11.5 Å². The zero-order valence-electron chi connectivity index (χ0n) is 13.9. The SMILES string of the molecule is NC(=O)C1N(Cc2cccc3ccccc23)C(=O)C2CC3CCC21N3. The zero-order chi connectivity index (χ0) is 17.2. The summed E-state index contributed by atoms with van der Waals surface area (Å²) in [6.07, 6.45) is 2.71. The summed E-state index contributed by atoms with van der Waals surface area (Å²) in [5, 5.41) is 5.81. The van der Waals surface area contributed by atoms with Crippen LogP contribution in [0.3, 0.4) is 0 Å². The Morgan fingerprint density at radius 1 is 1.24 bits per heavy atom. The highest BCUT2D eigenvalue weighted by Crippen LogP contribution is 2.51. The number of nitrogens with one attached hydrogen (secondary N) is 1. The van der Waals surface area contributed by atoms with Crippen molar-refractivity contribution in [3.63, 3.8) is 0 Å². The normalized spacial score (nSPS) is 33.2. The van der Waals surface area contributed by atoms with E-state index in [1.165, 1.54) is 0 Å². The van der Waals surface area contributed by atoms with Crippen LogP contribution in [0.5, 0.6) is 0 Å². The molecule has 3 fully saturated rings. The molecule has 4 atom stereocenters. The van der Waals surface area contributed by atoms with Crippen molar-refractivity contribution in [2.45, 2.75) is 43.4 Å². The van der Waals surface area contributed by atoms with Crippen molar-refractivity contribution in [1.29, 1.82) is 0 Å². The molecule has 5 nitrogen and oxygen atoms in total. The van der Waals surface area contributed by atoms with Gasteiger partial charge in [0.2, 0.25) is 11.8 Å². The van der Waals surface area contributed by atoms with Gasteiger partial charge in [-0.3, -0.25) is 9.59 Å². The molecule has 3 aliphatic heterocycles. The second-order valence-electron chi connectivity index (χ2n) is 7.62. The number of hydrogen-bond donors (Lipinski definition) is 2. The summed E-state index contributed by atoms with van der Waals surface area (Å²) in [6.45, 7) is 0.429. The lowest BCUT2D eigenvalue weighted by Gasteiger charge is -2.33. The molecule has 2 bridgehead atoms. The number of carbonyl (C=O) groups excluding carboxylic acids is 2. The average molecular weight is 335 g/mol. The summed E-state index contributed by atoms with van der Waals surface area (Å²) in [5.74, 6) is -0.434. The molecule has 3 heterocycles. The Morgan fingerprint density at radius 2 is 2.04 bits per heavy atom. The lowest BCUT2D eigenvalue weighted by Crippen LogP contribution is -2.57. The maximum Gasteiger partial charge on any atom is 0.242 e. The lowest BCUT2D eigenvalue weighted by molar-refractivity contribution is -0.136. The van der Waals surface area contributed by atoms with E-state index in [1.807, 2.05) is 24.3 Å². The molecule has 0 aromatic heterocycles. The number of hydrogen-bond acceptors (Lipinski definition) is 3. The number of amides is 2. The Kier molecular flexibility index (Phi) is 3.01. The van der Waals surface area contributed by atoms with Gasteiger partial charge in [0.15, 0.2) is 0 Å². The van der Waals surface area contributed by atoms with Crippen molar-refractivity contribution in [3.05, 3.63) is 48.0 Å². The summed E-state index contributed by atoms with van der Waals surface area (Å²) in [5.41, 5.74) is 6.39. The molecule has 1 spiro atoms. The molecule has 3 N–H and O–H groups in total. The van der Waals surface area contributed by atoms with Gasteiger partial charge in [-0.1, -0.05) is 42.5 Å². The van der Waals surface area contributed by atoms with Crippen molar-refractivity contribution in [3.8, 4) is 0 Å². The van der Waals surface area contributed by atoms with Gasteiger partial charge in [-0.25, -0.2) is 0 Å². The largest absolute Gasteiger partial charge is 0.368 e. The molecule has 4 unspecified atom stereocenters. The third-order valence-electron chi connectivity index (χ3n) is 6.39. The summed E-state index contributed by atoms with van der Waals surface area (Å²) < 4.78 is 0. The first-order valence-electron chi connectivity index (χ1n) is 8.94. The first kappa shape index (κ1) is 14.9. The monoisotopic (exact) mass is 335 g/mol. The molecule has 2 amide bonds. The summed E-state index contributed by atoms with van der Waals surface area (Å²) in [4.78, 5) is 27.2. The van der Waals surface area contributed by atoms with Gasteiger partial charge < -0.3 is 16.0 Å². The number of benzene rings is 2. The minimum Gasteiger partial charge on any atom is -0.368 e. The van der Waals surface area contributed by atoms with Crippen molar-refractivity contribution >= 4 is 22.6 Å². The molecule has 5 heteroatoms. The minimum absolute atomic E-state index is 0.0754. The van der Waals surface area contributed by atoms with Crippen LogP contribution in [-0.4, -0.2) is 34.3 Å². The molecule has 0 aliphatic carbocycles. The molecule has 2 aromatic carbocycles. The Balaban J connectivity index is 1.57. The van der Waals surface area contributed by atoms with Crippen LogP contribution in [-0.2, 0) is 16.1 Å². The van der Waals surface area contributed by atoms with Gasteiger partial charge in [0.1, 0.15) is 6.04 Å². The number of rotatable bonds is 3. The van der Waals surface area contributed by atoms with E-state index in [4.69, 9.17) is 5.73 Å². The number of nitrogens with two attached hydrogens (primary N) is 1. The van der Waals surface area contributed by atoms with Gasteiger partial charge >= 0.3 is 0 Å².